The predicted octanol–water partition coefficient (Wildman–Crippen LogP) is 2.62. The van der Waals surface area contributed by atoms with Crippen LogP contribution in [0, 0.1) is 0 Å². The first kappa shape index (κ1) is 9.80. The van der Waals surface area contributed by atoms with E-state index in [9.17, 15) is 5.11 Å². The van der Waals surface area contributed by atoms with Gasteiger partial charge in [-0.15, -0.1) is 0 Å². The molecule has 0 bridgehead atoms. The molecule has 1 aliphatic rings. The van der Waals surface area contributed by atoms with Crippen LogP contribution in [0.4, 0.5) is 0 Å². The molecule has 2 rings (SSSR count). The summed E-state index contributed by atoms with van der Waals surface area (Å²) in [5, 5.41) is 9.67. The van der Waals surface area contributed by atoms with Gasteiger partial charge in [0.15, 0.2) is 11.5 Å². The zero-order valence-electron chi connectivity index (χ0n) is 7.79. The Hall–Kier alpha value is -0.740. The van der Waals surface area contributed by atoms with Crippen LogP contribution in [0.2, 0.25) is 0 Å². The molecule has 76 valence electrons. The molecular weight excluding hydrogens is 248 g/mol. The Labute approximate surface area is 90.8 Å². The summed E-state index contributed by atoms with van der Waals surface area (Å²) in [6.45, 7) is 2.18. The number of rotatable bonds is 2. The van der Waals surface area contributed by atoms with E-state index < -0.39 is 6.10 Å². The minimum Gasteiger partial charge on any atom is -0.454 e. The van der Waals surface area contributed by atoms with Crippen LogP contribution >= 0.6 is 15.9 Å². The number of benzene rings is 1. The van der Waals surface area contributed by atoms with Crippen LogP contribution in [0.1, 0.15) is 25.0 Å². The average Bonchev–Trinajstić information content (AvgIpc) is 2.64. The Bertz CT molecular complexity index is 351. The fourth-order valence-corrected chi connectivity index (χ4v) is 1.99. The molecular formula is C10H11BrO3. The van der Waals surface area contributed by atoms with Crippen LogP contribution in [0.5, 0.6) is 11.5 Å². The van der Waals surface area contributed by atoms with E-state index >= 15 is 0 Å². The van der Waals surface area contributed by atoms with Crippen molar-refractivity contribution in [3.05, 3.63) is 22.2 Å². The molecule has 0 saturated carbocycles. The molecule has 0 spiro atoms. The minimum absolute atomic E-state index is 0.250. The number of aliphatic hydroxyl groups excluding tert-OH is 1. The van der Waals surface area contributed by atoms with Crippen LogP contribution in [0.3, 0.4) is 0 Å². The fraction of sp³-hybridized carbons (Fsp3) is 0.400. The highest BCUT2D eigenvalue weighted by Crippen LogP contribution is 2.41. The average molecular weight is 259 g/mol. The summed E-state index contributed by atoms with van der Waals surface area (Å²) < 4.78 is 11.3. The van der Waals surface area contributed by atoms with Crippen LogP contribution in [0.25, 0.3) is 0 Å². The normalized spacial score (nSPS) is 15.6. The molecule has 1 aliphatic heterocycles. The highest BCUT2D eigenvalue weighted by Gasteiger charge is 2.19. The Morgan fingerprint density at radius 1 is 1.50 bits per heavy atom. The molecule has 1 atom stereocenters. The summed E-state index contributed by atoms with van der Waals surface area (Å²) in [5.74, 6) is 1.42. The molecule has 4 heteroatoms. The molecule has 0 saturated heterocycles. The number of hydrogen-bond donors (Lipinski definition) is 1. The monoisotopic (exact) mass is 258 g/mol. The van der Waals surface area contributed by atoms with Crippen molar-refractivity contribution in [2.75, 3.05) is 6.79 Å². The van der Waals surface area contributed by atoms with E-state index in [2.05, 4.69) is 15.9 Å². The van der Waals surface area contributed by atoms with E-state index in [0.29, 0.717) is 12.2 Å². The third kappa shape index (κ3) is 1.60. The number of fused-ring (bicyclic) bond motifs is 1. The Balaban J connectivity index is 2.41. The smallest absolute Gasteiger partial charge is 0.231 e. The van der Waals surface area contributed by atoms with Gasteiger partial charge in [0.05, 0.1) is 10.6 Å². The quantitative estimate of drug-likeness (QED) is 0.887. The molecule has 14 heavy (non-hydrogen) atoms. The second-order valence-corrected chi connectivity index (χ2v) is 4.01. The summed E-state index contributed by atoms with van der Waals surface area (Å²) in [4.78, 5) is 0. The zero-order chi connectivity index (χ0) is 10.1. The maximum atomic E-state index is 9.67. The first-order valence-corrected chi connectivity index (χ1v) is 5.28. The van der Waals surface area contributed by atoms with Gasteiger partial charge in [0, 0.05) is 0 Å². The molecule has 0 radical (unpaired) electrons. The van der Waals surface area contributed by atoms with Gasteiger partial charge in [0.1, 0.15) is 0 Å². The molecule has 1 unspecified atom stereocenters. The van der Waals surface area contributed by atoms with Gasteiger partial charge in [0.2, 0.25) is 6.79 Å². The van der Waals surface area contributed by atoms with Gasteiger partial charge in [-0.25, -0.2) is 0 Å². The Kier molecular flexibility index (Phi) is 2.65. The number of hydrogen-bond acceptors (Lipinski definition) is 3. The molecule has 0 aliphatic carbocycles. The van der Waals surface area contributed by atoms with Crippen molar-refractivity contribution in [3.63, 3.8) is 0 Å². The van der Waals surface area contributed by atoms with Gasteiger partial charge in [-0.1, -0.05) is 6.92 Å². The number of aliphatic hydroxyl groups is 1. The molecule has 0 fully saturated rings. The van der Waals surface area contributed by atoms with Crippen molar-refractivity contribution in [2.45, 2.75) is 19.4 Å². The maximum Gasteiger partial charge on any atom is 0.231 e. The van der Waals surface area contributed by atoms with E-state index in [0.717, 1.165) is 15.8 Å². The molecule has 3 nitrogen and oxygen atoms in total. The largest absolute Gasteiger partial charge is 0.454 e. The summed E-state index contributed by atoms with van der Waals surface area (Å²) >= 11 is 3.38. The van der Waals surface area contributed by atoms with Crippen LogP contribution < -0.4 is 9.47 Å². The third-order valence-electron chi connectivity index (χ3n) is 2.22. The van der Waals surface area contributed by atoms with Gasteiger partial charge >= 0.3 is 0 Å². The lowest BCUT2D eigenvalue weighted by atomic mass is 10.1. The molecule has 0 amide bonds. The maximum absolute atomic E-state index is 9.67. The topological polar surface area (TPSA) is 38.7 Å². The molecule has 0 aromatic heterocycles. The predicted molar refractivity (Wildman–Crippen MR) is 55.5 cm³/mol. The molecule has 1 heterocycles. The summed E-state index contributed by atoms with van der Waals surface area (Å²) in [5.41, 5.74) is 0.851. The van der Waals surface area contributed by atoms with E-state index in [-0.39, 0.29) is 6.79 Å². The van der Waals surface area contributed by atoms with Crippen molar-refractivity contribution in [2.24, 2.45) is 0 Å². The molecule has 1 N–H and O–H groups in total. The van der Waals surface area contributed by atoms with E-state index in [4.69, 9.17) is 9.47 Å². The Morgan fingerprint density at radius 3 is 3.00 bits per heavy atom. The fourth-order valence-electron chi connectivity index (χ4n) is 1.42. The van der Waals surface area contributed by atoms with Gasteiger partial charge in [0.25, 0.3) is 0 Å². The summed E-state index contributed by atoms with van der Waals surface area (Å²) in [6, 6.07) is 3.68. The summed E-state index contributed by atoms with van der Waals surface area (Å²) in [7, 11) is 0. The SMILES string of the molecule is CCC(O)c1cc(Br)c2c(c1)OCO2. The van der Waals surface area contributed by atoms with Crippen LogP contribution in [-0.4, -0.2) is 11.9 Å². The van der Waals surface area contributed by atoms with Gasteiger partial charge < -0.3 is 14.6 Å². The van der Waals surface area contributed by atoms with Crippen molar-refractivity contribution < 1.29 is 14.6 Å². The van der Waals surface area contributed by atoms with Gasteiger partial charge in [-0.2, -0.15) is 0 Å². The minimum atomic E-state index is -0.444. The molecule has 1 aromatic rings. The van der Waals surface area contributed by atoms with Crippen LogP contribution in [0.15, 0.2) is 16.6 Å². The first-order chi connectivity index (χ1) is 6.72. The Morgan fingerprint density at radius 2 is 2.29 bits per heavy atom. The van der Waals surface area contributed by atoms with Crippen molar-refractivity contribution in [1.82, 2.24) is 0 Å². The van der Waals surface area contributed by atoms with Crippen molar-refractivity contribution >= 4 is 15.9 Å². The second kappa shape index (κ2) is 3.79. The van der Waals surface area contributed by atoms with Crippen molar-refractivity contribution in [3.8, 4) is 11.5 Å². The number of halogens is 1. The van der Waals surface area contributed by atoms with Gasteiger partial charge in [-0.3, -0.25) is 0 Å². The van der Waals surface area contributed by atoms with E-state index in [1.165, 1.54) is 0 Å². The van der Waals surface area contributed by atoms with E-state index in [1.807, 2.05) is 19.1 Å². The van der Waals surface area contributed by atoms with Crippen molar-refractivity contribution in [1.29, 1.82) is 0 Å². The lowest BCUT2D eigenvalue weighted by molar-refractivity contribution is 0.169. The lowest BCUT2D eigenvalue weighted by Gasteiger charge is -2.09. The standard InChI is InChI=1S/C10H11BrO3/c1-2-8(12)6-3-7(11)10-9(4-6)13-5-14-10/h3-4,8,12H,2,5H2,1H3. The summed E-state index contributed by atoms with van der Waals surface area (Å²) in [6.07, 6.45) is 0.243. The lowest BCUT2D eigenvalue weighted by Crippen LogP contribution is -1.95. The first-order valence-electron chi connectivity index (χ1n) is 4.49. The second-order valence-electron chi connectivity index (χ2n) is 3.16. The highest BCUT2D eigenvalue weighted by molar-refractivity contribution is 9.10. The van der Waals surface area contributed by atoms with Gasteiger partial charge in [-0.05, 0) is 40.0 Å². The molecule has 1 aromatic carbocycles. The van der Waals surface area contributed by atoms with Crippen LogP contribution in [-0.2, 0) is 0 Å². The van der Waals surface area contributed by atoms with E-state index in [1.54, 1.807) is 0 Å². The highest BCUT2D eigenvalue weighted by atomic mass is 79.9. The third-order valence-corrected chi connectivity index (χ3v) is 2.81. The zero-order valence-corrected chi connectivity index (χ0v) is 9.37. The number of ether oxygens (including phenoxy) is 2.